The van der Waals surface area contributed by atoms with Gasteiger partial charge in [0.05, 0.1) is 14.3 Å². The molecule has 0 fully saturated rings. The highest BCUT2D eigenvalue weighted by atomic mass is 79.9. The summed E-state index contributed by atoms with van der Waals surface area (Å²) in [6, 6.07) is 7.12. The molecule has 2 rings (SSSR count). The lowest BCUT2D eigenvalue weighted by atomic mass is 10.2. The minimum Gasteiger partial charge on any atom is -0.481 e. The van der Waals surface area contributed by atoms with E-state index in [1.54, 1.807) is 0 Å². The van der Waals surface area contributed by atoms with E-state index >= 15 is 0 Å². The Labute approximate surface area is 125 Å². The van der Waals surface area contributed by atoms with E-state index in [1.165, 1.54) is 17.4 Å². The second-order valence-electron chi connectivity index (χ2n) is 3.74. The van der Waals surface area contributed by atoms with Crippen molar-refractivity contribution in [3.8, 4) is 5.75 Å². The molecule has 6 nitrogen and oxygen atoms in total. The van der Waals surface area contributed by atoms with Crippen LogP contribution in [0.3, 0.4) is 0 Å². The quantitative estimate of drug-likeness (QED) is 0.650. The summed E-state index contributed by atoms with van der Waals surface area (Å²) < 4.78 is 6.29. The van der Waals surface area contributed by atoms with Gasteiger partial charge in [-0.25, -0.2) is 4.79 Å². The summed E-state index contributed by atoms with van der Waals surface area (Å²) in [7, 11) is 0. The molecule has 0 aliphatic carbocycles. The van der Waals surface area contributed by atoms with Crippen LogP contribution in [0.5, 0.6) is 5.75 Å². The molecule has 0 atom stereocenters. The molecule has 2 aromatic rings. The van der Waals surface area contributed by atoms with E-state index < -0.39 is 10.9 Å². The van der Waals surface area contributed by atoms with Crippen molar-refractivity contribution in [2.45, 2.75) is 6.61 Å². The maximum absolute atomic E-state index is 10.9. The number of ether oxygens (including phenoxy) is 1. The molecule has 0 radical (unpaired) electrons. The van der Waals surface area contributed by atoms with Crippen LogP contribution in [0.15, 0.2) is 34.1 Å². The van der Waals surface area contributed by atoms with Gasteiger partial charge in [0.25, 0.3) is 0 Å². The minimum atomic E-state index is -1.16. The molecule has 0 spiro atoms. The Morgan fingerprint density at radius 1 is 1.40 bits per heavy atom. The van der Waals surface area contributed by atoms with Crippen molar-refractivity contribution < 1.29 is 19.6 Å². The Balaban J connectivity index is 2.25. The molecule has 0 amide bonds. The van der Waals surface area contributed by atoms with E-state index in [0.29, 0.717) is 0 Å². The number of nitro benzene ring substituents is 1. The molecule has 0 aliphatic rings. The van der Waals surface area contributed by atoms with E-state index in [-0.39, 0.29) is 23.6 Å². The van der Waals surface area contributed by atoms with Crippen LogP contribution in [0.2, 0.25) is 0 Å². The maximum atomic E-state index is 10.9. The van der Waals surface area contributed by atoms with Crippen molar-refractivity contribution in [3.63, 3.8) is 0 Å². The smallest absolute Gasteiger partial charge is 0.335 e. The molecule has 0 saturated heterocycles. The Morgan fingerprint density at radius 3 is 2.70 bits per heavy atom. The van der Waals surface area contributed by atoms with Gasteiger partial charge < -0.3 is 9.84 Å². The van der Waals surface area contributed by atoms with Crippen molar-refractivity contribution >= 4 is 38.9 Å². The van der Waals surface area contributed by atoms with Crippen molar-refractivity contribution in [1.82, 2.24) is 0 Å². The normalized spacial score (nSPS) is 10.2. The Morgan fingerprint density at radius 2 is 2.15 bits per heavy atom. The highest BCUT2D eigenvalue weighted by molar-refractivity contribution is 9.11. The molecule has 1 aromatic carbocycles. The fourth-order valence-electron chi connectivity index (χ4n) is 1.49. The van der Waals surface area contributed by atoms with Crippen molar-refractivity contribution in [2.24, 2.45) is 0 Å². The number of aromatic carboxylic acids is 1. The van der Waals surface area contributed by atoms with Gasteiger partial charge in [0.15, 0.2) is 5.75 Å². The summed E-state index contributed by atoms with van der Waals surface area (Å²) in [5, 5.41) is 19.8. The molecule has 0 bridgehead atoms. The molecule has 104 valence electrons. The van der Waals surface area contributed by atoms with Crippen LogP contribution in [0, 0.1) is 10.1 Å². The Kier molecular flexibility index (Phi) is 4.35. The summed E-state index contributed by atoms with van der Waals surface area (Å²) >= 11 is 4.74. The van der Waals surface area contributed by atoms with E-state index in [4.69, 9.17) is 9.84 Å². The van der Waals surface area contributed by atoms with Gasteiger partial charge in [-0.1, -0.05) is 0 Å². The van der Waals surface area contributed by atoms with Gasteiger partial charge in [-0.05, 0) is 34.1 Å². The topological polar surface area (TPSA) is 89.7 Å². The fourth-order valence-corrected chi connectivity index (χ4v) is 2.89. The van der Waals surface area contributed by atoms with Crippen molar-refractivity contribution in [1.29, 1.82) is 0 Å². The van der Waals surface area contributed by atoms with E-state index in [9.17, 15) is 14.9 Å². The van der Waals surface area contributed by atoms with Crippen LogP contribution in [0.1, 0.15) is 15.2 Å². The third-order valence-electron chi connectivity index (χ3n) is 2.40. The molecule has 0 unspecified atom stereocenters. The first kappa shape index (κ1) is 14.5. The first-order valence-electron chi connectivity index (χ1n) is 5.36. The summed E-state index contributed by atoms with van der Waals surface area (Å²) in [5.74, 6) is -1.22. The average molecular weight is 358 g/mol. The Hall–Kier alpha value is -1.93. The first-order chi connectivity index (χ1) is 9.47. The summed E-state index contributed by atoms with van der Waals surface area (Å²) in [6.45, 7) is 0.139. The lowest BCUT2D eigenvalue weighted by Crippen LogP contribution is -2.02. The number of benzene rings is 1. The second kappa shape index (κ2) is 6.02. The van der Waals surface area contributed by atoms with Gasteiger partial charge in [0.2, 0.25) is 0 Å². The number of carbonyl (C=O) groups is 1. The maximum Gasteiger partial charge on any atom is 0.335 e. The molecule has 20 heavy (non-hydrogen) atoms. The van der Waals surface area contributed by atoms with Gasteiger partial charge in [0.1, 0.15) is 6.61 Å². The van der Waals surface area contributed by atoms with Crippen LogP contribution in [-0.2, 0) is 6.61 Å². The number of carboxylic acid groups (broad SMARTS) is 1. The number of thiophene rings is 1. The van der Waals surface area contributed by atoms with Crippen LogP contribution in [-0.4, -0.2) is 16.0 Å². The highest BCUT2D eigenvalue weighted by Gasteiger charge is 2.18. The van der Waals surface area contributed by atoms with Gasteiger partial charge in [-0.3, -0.25) is 10.1 Å². The molecule has 1 heterocycles. The molecular formula is C12H8BrNO5S. The molecule has 1 N–H and O–H groups in total. The number of rotatable bonds is 5. The average Bonchev–Trinajstić information content (AvgIpc) is 2.81. The van der Waals surface area contributed by atoms with Crippen LogP contribution in [0.25, 0.3) is 0 Å². The largest absolute Gasteiger partial charge is 0.481 e. The molecular weight excluding hydrogens is 350 g/mol. The zero-order valence-electron chi connectivity index (χ0n) is 9.91. The van der Waals surface area contributed by atoms with Gasteiger partial charge in [0, 0.05) is 17.0 Å². The molecule has 0 aliphatic heterocycles. The van der Waals surface area contributed by atoms with Crippen LogP contribution < -0.4 is 4.74 Å². The number of hydrogen-bond acceptors (Lipinski definition) is 5. The highest BCUT2D eigenvalue weighted by Crippen LogP contribution is 2.30. The van der Waals surface area contributed by atoms with E-state index in [0.717, 1.165) is 20.8 Å². The summed E-state index contributed by atoms with van der Waals surface area (Å²) in [6.07, 6.45) is 0. The van der Waals surface area contributed by atoms with Crippen molar-refractivity contribution in [3.05, 3.63) is 54.7 Å². The number of carboxylic acids is 1. The summed E-state index contributed by atoms with van der Waals surface area (Å²) in [5.41, 5.74) is -0.316. The third kappa shape index (κ3) is 3.34. The minimum absolute atomic E-state index is 0.0561. The zero-order valence-corrected chi connectivity index (χ0v) is 12.3. The summed E-state index contributed by atoms with van der Waals surface area (Å²) in [4.78, 5) is 22.0. The number of halogens is 1. The SMILES string of the molecule is O=C(O)c1ccc([N+](=O)[O-])c(OCc2ccc(Br)s2)c1. The molecule has 8 heteroatoms. The Bertz CT molecular complexity index is 670. The van der Waals surface area contributed by atoms with Crippen LogP contribution >= 0.6 is 27.3 Å². The lowest BCUT2D eigenvalue weighted by molar-refractivity contribution is -0.385. The van der Waals surface area contributed by atoms with Gasteiger partial charge in [-0.2, -0.15) is 0 Å². The predicted molar refractivity (Wildman–Crippen MR) is 76.4 cm³/mol. The third-order valence-corrected chi connectivity index (χ3v) is 4.00. The number of nitrogens with zero attached hydrogens (tertiary/aromatic N) is 1. The lowest BCUT2D eigenvalue weighted by Gasteiger charge is -2.06. The fraction of sp³-hybridized carbons (Fsp3) is 0.0833. The van der Waals surface area contributed by atoms with Gasteiger partial charge >= 0.3 is 11.7 Å². The first-order valence-corrected chi connectivity index (χ1v) is 6.97. The van der Waals surface area contributed by atoms with E-state index in [2.05, 4.69) is 15.9 Å². The predicted octanol–water partition coefficient (Wildman–Crippen LogP) is 3.70. The molecule has 1 aromatic heterocycles. The molecule has 0 saturated carbocycles. The second-order valence-corrected chi connectivity index (χ2v) is 6.29. The number of hydrogen-bond donors (Lipinski definition) is 1. The van der Waals surface area contributed by atoms with E-state index in [1.807, 2.05) is 12.1 Å². The van der Waals surface area contributed by atoms with Crippen molar-refractivity contribution in [2.75, 3.05) is 0 Å². The monoisotopic (exact) mass is 357 g/mol. The van der Waals surface area contributed by atoms with Gasteiger partial charge in [-0.15, -0.1) is 11.3 Å². The zero-order chi connectivity index (χ0) is 14.7. The number of nitro groups is 1. The van der Waals surface area contributed by atoms with Crippen LogP contribution in [0.4, 0.5) is 5.69 Å². The standard InChI is InChI=1S/C12H8BrNO5S/c13-11-4-2-8(20-11)6-19-10-5-7(12(15)16)1-3-9(10)14(17)18/h1-5H,6H2,(H,15,16).